The van der Waals surface area contributed by atoms with Crippen LogP contribution in [0.15, 0.2) is 18.2 Å². The van der Waals surface area contributed by atoms with Crippen molar-refractivity contribution in [1.29, 1.82) is 5.26 Å². The van der Waals surface area contributed by atoms with Crippen molar-refractivity contribution in [3.05, 3.63) is 29.6 Å². The summed E-state index contributed by atoms with van der Waals surface area (Å²) in [5.74, 6) is -1.41. The lowest BCUT2D eigenvalue weighted by molar-refractivity contribution is -0.138. The number of hydrogen-bond donors (Lipinski definition) is 2. The first kappa shape index (κ1) is 12.4. The first-order valence-corrected chi connectivity index (χ1v) is 5.74. The van der Waals surface area contributed by atoms with Gasteiger partial charge >= 0.3 is 5.97 Å². The van der Waals surface area contributed by atoms with E-state index in [0.717, 1.165) is 25.3 Å². The summed E-state index contributed by atoms with van der Waals surface area (Å²) in [5, 5.41) is 20.5. The quantitative estimate of drug-likeness (QED) is 0.858. The molecule has 1 aliphatic rings. The Morgan fingerprint density at radius 2 is 2.28 bits per heavy atom. The van der Waals surface area contributed by atoms with Crippen molar-refractivity contribution < 1.29 is 14.3 Å². The van der Waals surface area contributed by atoms with E-state index < -0.39 is 17.3 Å². The van der Waals surface area contributed by atoms with Gasteiger partial charge in [0.05, 0.1) is 23.7 Å². The Balaban J connectivity index is 2.18. The highest BCUT2D eigenvalue weighted by Gasteiger charge is 2.39. The molecular formula is C13H13FN2O2. The third-order valence-electron chi connectivity index (χ3n) is 3.30. The van der Waals surface area contributed by atoms with Crippen molar-refractivity contribution in [2.45, 2.75) is 31.2 Å². The van der Waals surface area contributed by atoms with E-state index in [1.807, 2.05) is 6.07 Å². The first-order valence-electron chi connectivity index (χ1n) is 5.74. The van der Waals surface area contributed by atoms with E-state index in [0.29, 0.717) is 0 Å². The molecular weight excluding hydrogens is 235 g/mol. The number of carboxylic acid groups (broad SMARTS) is 1. The normalized spacial score (nSPS) is 16.4. The first-order chi connectivity index (χ1) is 8.54. The molecule has 2 rings (SSSR count). The van der Waals surface area contributed by atoms with E-state index in [2.05, 4.69) is 5.32 Å². The number of nitriles is 1. The Hall–Kier alpha value is -2.09. The lowest BCUT2D eigenvalue weighted by Gasteiger charge is -2.42. The van der Waals surface area contributed by atoms with Crippen LogP contribution >= 0.6 is 0 Å². The summed E-state index contributed by atoms with van der Waals surface area (Å²) in [6.07, 6.45) is 2.36. The monoisotopic (exact) mass is 248 g/mol. The summed E-state index contributed by atoms with van der Waals surface area (Å²) in [5.41, 5.74) is -0.0326. The molecule has 1 aliphatic carbocycles. The molecule has 1 aromatic carbocycles. The molecule has 0 aromatic heterocycles. The smallest absolute Gasteiger partial charge is 0.305 e. The van der Waals surface area contributed by atoms with Crippen molar-refractivity contribution in [2.24, 2.45) is 0 Å². The molecule has 2 N–H and O–H groups in total. The van der Waals surface area contributed by atoms with Crippen LogP contribution in [0.1, 0.15) is 31.2 Å². The molecule has 0 amide bonds. The van der Waals surface area contributed by atoms with Gasteiger partial charge in [-0.1, -0.05) is 0 Å². The predicted octanol–water partition coefficient (Wildman–Crippen LogP) is 2.51. The highest BCUT2D eigenvalue weighted by Crippen LogP contribution is 2.38. The molecule has 0 spiro atoms. The fourth-order valence-electron chi connectivity index (χ4n) is 2.21. The van der Waals surface area contributed by atoms with E-state index in [1.54, 1.807) is 0 Å². The second-order valence-corrected chi connectivity index (χ2v) is 4.64. The number of nitrogens with zero attached hydrogens (tertiary/aromatic N) is 1. The van der Waals surface area contributed by atoms with Crippen LogP contribution in [-0.4, -0.2) is 16.6 Å². The minimum absolute atomic E-state index is 0.0214. The molecule has 18 heavy (non-hydrogen) atoms. The standard InChI is InChI=1S/C13H13FN2O2/c14-10-6-9(8-15)2-3-11(10)16-13(4-1-5-13)7-12(17)18/h2-3,6,16H,1,4-5,7H2,(H,17,18). The average molecular weight is 248 g/mol. The Morgan fingerprint density at radius 1 is 1.56 bits per heavy atom. The number of nitrogens with one attached hydrogen (secondary N) is 1. The summed E-state index contributed by atoms with van der Waals surface area (Å²) in [7, 11) is 0. The summed E-state index contributed by atoms with van der Waals surface area (Å²) >= 11 is 0. The number of anilines is 1. The van der Waals surface area contributed by atoms with Crippen molar-refractivity contribution in [3.63, 3.8) is 0 Å². The maximum absolute atomic E-state index is 13.7. The largest absolute Gasteiger partial charge is 0.481 e. The fraction of sp³-hybridized carbons (Fsp3) is 0.385. The second-order valence-electron chi connectivity index (χ2n) is 4.64. The molecule has 94 valence electrons. The van der Waals surface area contributed by atoms with Gasteiger partial charge in [-0.2, -0.15) is 5.26 Å². The molecule has 4 nitrogen and oxygen atoms in total. The highest BCUT2D eigenvalue weighted by atomic mass is 19.1. The van der Waals surface area contributed by atoms with Crippen LogP contribution in [0.2, 0.25) is 0 Å². The fourth-order valence-corrected chi connectivity index (χ4v) is 2.21. The Bertz CT molecular complexity index is 518. The molecule has 0 atom stereocenters. The number of carbonyl (C=O) groups is 1. The van der Waals surface area contributed by atoms with Gasteiger partial charge in [-0.25, -0.2) is 4.39 Å². The van der Waals surface area contributed by atoms with Crippen molar-refractivity contribution in [3.8, 4) is 6.07 Å². The van der Waals surface area contributed by atoms with E-state index in [4.69, 9.17) is 10.4 Å². The molecule has 5 heteroatoms. The SMILES string of the molecule is N#Cc1ccc(NC2(CC(=O)O)CCC2)c(F)c1. The van der Waals surface area contributed by atoms with Crippen LogP contribution in [-0.2, 0) is 4.79 Å². The van der Waals surface area contributed by atoms with Crippen molar-refractivity contribution in [2.75, 3.05) is 5.32 Å². The van der Waals surface area contributed by atoms with Gasteiger partial charge in [-0.3, -0.25) is 4.79 Å². The van der Waals surface area contributed by atoms with Crippen LogP contribution in [0.25, 0.3) is 0 Å². The average Bonchev–Trinajstić information content (AvgIpc) is 2.28. The minimum atomic E-state index is -0.892. The third-order valence-corrected chi connectivity index (χ3v) is 3.30. The van der Waals surface area contributed by atoms with Crippen molar-refractivity contribution >= 4 is 11.7 Å². The number of halogens is 1. The summed E-state index contributed by atoms with van der Waals surface area (Å²) < 4.78 is 13.7. The maximum atomic E-state index is 13.7. The van der Waals surface area contributed by atoms with Crippen LogP contribution in [0, 0.1) is 17.1 Å². The van der Waals surface area contributed by atoms with Gasteiger partial charge in [-0.05, 0) is 37.5 Å². The Morgan fingerprint density at radius 3 is 2.72 bits per heavy atom. The molecule has 1 saturated carbocycles. The van der Waals surface area contributed by atoms with Crippen LogP contribution in [0.4, 0.5) is 10.1 Å². The molecule has 1 aromatic rings. The van der Waals surface area contributed by atoms with Crippen LogP contribution < -0.4 is 5.32 Å². The van der Waals surface area contributed by atoms with E-state index in [-0.39, 0.29) is 17.7 Å². The number of benzene rings is 1. The summed E-state index contributed by atoms with van der Waals surface area (Å²) in [4.78, 5) is 10.8. The van der Waals surface area contributed by atoms with Gasteiger partial charge in [0, 0.05) is 5.54 Å². The van der Waals surface area contributed by atoms with Crippen LogP contribution in [0.5, 0.6) is 0 Å². The van der Waals surface area contributed by atoms with Crippen molar-refractivity contribution in [1.82, 2.24) is 0 Å². The van der Waals surface area contributed by atoms with Gasteiger partial charge < -0.3 is 10.4 Å². The summed E-state index contributed by atoms with van der Waals surface area (Å²) in [6, 6.07) is 6.00. The van der Waals surface area contributed by atoms with Gasteiger partial charge in [0.1, 0.15) is 5.82 Å². The lowest BCUT2D eigenvalue weighted by atomic mass is 9.74. The number of aliphatic carboxylic acids is 1. The summed E-state index contributed by atoms with van der Waals surface area (Å²) in [6.45, 7) is 0. The van der Waals surface area contributed by atoms with E-state index in [9.17, 15) is 9.18 Å². The number of rotatable bonds is 4. The highest BCUT2D eigenvalue weighted by molar-refractivity contribution is 5.70. The predicted molar refractivity (Wildman–Crippen MR) is 63.6 cm³/mol. The minimum Gasteiger partial charge on any atom is -0.481 e. The van der Waals surface area contributed by atoms with Gasteiger partial charge in [0.2, 0.25) is 0 Å². The van der Waals surface area contributed by atoms with Gasteiger partial charge in [0.15, 0.2) is 0 Å². The molecule has 0 saturated heterocycles. The van der Waals surface area contributed by atoms with E-state index in [1.165, 1.54) is 12.1 Å². The number of hydrogen-bond acceptors (Lipinski definition) is 3. The van der Waals surface area contributed by atoms with Gasteiger partial charge in [0.25, 0.3) is 0 Å². The Labute approximate surface area is 104 Å². The van der Waals surface area contributed by atoms with E-state index >= 15 is 0 Å². The molecule has 0 heterocycles. The zero-order chi connectivity index (χ0) is 13.2. The molecule has 1 fully saturated rings. The topological polar surface area (TPSA) is 73.1 Å². The second kappa shape index (κ2) is 4.65. The zero-order valence-electron chi connectivity index (χ0n) is 9.74. The van der Waals surface area contributed by atoms with Crippen LogP contribution in [0.3, 0.4) is 0 Å². The maximum Gasteiger partial charge on any atom is 0.305 e. The zero-order valence-corrected chi connectivity index (χ0v) is 9.74. The number of carboxylic acids is 1. The molecule has 0 unspecified atom stereocenters. The molecule has 0 aliphatic heterocycles. The third kappa shape index (κ3) is 2.43. The molecule has 0 bridgehead atoms. The van der Waals surface area contributed by atoms with Gasteiger partial charge in [-0.15, -0.1) is 0 Å². The lowest BCUT2D eigenvalue weighted by Crippen LogP contribution is -2.46. The molecule has 0 radical (unpaired) electrons. The Kier molecular flexibility index (Phi) is 3.19.